The van der Waals surface area contributed by atoms with Crippen molar-refractivity contribution in [2.45, 2.75) is 50.9 Å². The van der Waals surface area contributed by atoms with Gasteiger partial charge in [0.25, 0.3) is 0 Å². The number of nitrogens with two attached hydrogens (primary N) is 1. The lowest BCUT2D eigenvalue weighted by molar-refractivity contribution is 0.274. The summed E-state index contributed by atoms with van der Waals surface area (Å²) in [5, 5.41) is 2.21. The molecule has 4 nitrogen and oxygen atoms in total. The molecule has 0 saturated carbocycles. The lowest BCUT2D eigenvalue weighted by atomic mass is 9.76. The molecule has 0 amide bonds. The van der Waals surface area contributed by atoms with Crippen LogP contribution in [0.4, 0.5) is 13.9 Å². The number of rotatable bonds is 10. The van der Waals surface area contributed by atoms with E-state index < -0.39 is 17.0 Å². The normalized spacial score (nSPS) is 18.3. The summed E-state index contributed by atoms with van der Waals surface area (Å²) in [7, 11) is 0. The van der Waals surface area contributed by atoms with Crippen LogP contribution < -0.4 is 10.5 Å². The van der Waals surface area contributed by atoms with E-state index >= 15 is 0 Å². The van der Waals surface area contributed by atoms with Crippen molar-refractivity contribution < 1.29 is 13.5 Å². The molecular weight excluding hydrogens is 392 g/mol. The molecule has 1 aromatic carbocycles. The van der Waals surface area contributed by atoms with E-state index in [1.54, 1.807) is 17.7 Å². The molecule has 7 heteroatoms. The standard InChI is InChI=1S/C22H27F2N3OS/c1-2-3-4-5-6-7-11-28-20-17(23)12-16(13-18(20)24)22(9-8-10-26-15-22)19-14-29-21(25)27-19/h8-10,12-14H,2-7,11,15H2,1H3,(H2,25,27). The molecule has 1 aliphatic rings. The molecular formula is C22H27F2N3OS. The van der Waals surface area contributed by atoms with Crippen LogP contribution in [0.5, 0.6) is 5.75 Å². The van der Waals surface area contributed by atoms with Gasteiger partial charge in [0.1, 0.15) is 0 Å². The third kappa shape index (κ3) is 5.01. The minimum atomic E-state index is -0.845. The Morgan fingerprint density at radius 3 is 2.48 bits per heavy atom. The van der Waals surface area contributed by atoms with Crippen molar-refractivity contribution in [1.29, 1.82) is 0 Å². The Hall–Kier alpha value is -2.28. The maximum absolute atomic E-state index is 14.8. The minimum absolute atomic E-state index is 0.303. The van der Waals surface area contributed by atoms with Gasteiger partial charge in [-0.3, -0.25) is 4.99 Å². The zero-order chi connectivity index (χ0) is 20.7. The van der Waals surface area contributed by atoms with Crippen molar-refractivity contribution >= 4 is 22.7 Å². The Balaban J connectivity index is 1.75. The largest absolute Gasteiger partial charge is 0.488 e. The van der Waals surface area contributed by atoms with Gasteiger partial charge in [-0.2, -0.15) is 0 Å². The molecule has 1 unspecified atom stereocenters. The predicted molar refractivity (Wildman–Crippen MR) is 115 cm³/mol. The minimum Gasteiger partial charge on any atom is -0.488 e. The molecule has 0 aliphatic carbocycles. The van der Waals surface area contributed by atoms with E-state index in [4.69, 9.17) is 10.5 Å². The Bertz CT molecular complexity index is 858. The van der Waals surface area contributed by atoms with Gasteiger partial charge in [-0.1, -0.05) is 45.1 Å². The number of halogens is 2. The van der Waals surface area contributed by atoms with E-state index in [9.17, 15) is 8.78 Å². The topological polar surface area (TPSA) is 60.5 Å². The van der Waals surface area contributed by atoms with Crippen molar-refractivity contribution in [3.8, 4) is 5.75 Å². The monoisotopic (exact) mass is 419 g/mol. The van der Waals surface area contributed by atoms with Crippen LogP contribution in [0, 0.1) is 11.6 Å². The number of hydrogen-bond donors (Lipinski definition) is 1. The molecule has 0 fully saturated rings. The summed E-state index contributed by atoms with van der Waals surface area (Å²) >= 11 is 1.29. The van der Waals surface area contributed by atoms with Crippen molar-refractivity contribution in [1.82, 2.24) is 4.98 Å². The maximum atomic E-state index is 14.8. The average Bonchev–Trinajstić information content (AvgIpc) is 3.16. The number of benzene rings is 1. The van der Waals surface area contributed by atoms with Crippen LogP contribution in [0.3, 0.4) is 0 Å². The smallest absolute Gasteiger partial charge is 0.190 e. The van der Waals surface area contributed by atoms with Gasteiger partial charge in [-0.05, 0) is 30.2 Å². The fourth-order valence-electron chi connectivity index (χ4n) is 3.52. The fourth-order valence-corrected chi connectivity index (χ4v) is 4.17. The number of aromatic nitrogens is 1. The summed E-state index contributed by atoms with van der Waals surface area (Å²) in [6.07, 6.45) is 11.8. The van der Waals surface area contributed by atoms with Crippen molar-refractivity contribution in [3.63, 3.8) is 0 Å². The molecule has 0 radical (unpaired) electrons. The number of unbranched alkanes of at least 4 members (excludes halogenated alkanes) is 5. The lowest BCUT2D eigenvalue weighted by Gasteiger charge is -2.30. The van der Waals surface area contributed by atoms with Crippen molar-refractivity contribution in [2.24, 2.45) is 4.99 Å². The Labute approximate surface area is 174 Å². The number of nitrogen functional groups attached to an aromatic ring is 1. The first-order valence-corrected chi connectivity index (χ1v) is 11.0. The molecule has 1 atom stereocenters. The van der Waals surface area contributed by atoms with Gasteiger partial charge in [0.15, 0.2) is 22.5 Å². The number of allylic oxidation sites excluding steroid dienone is 1. The second-order valence-electron chi connectivity index (χ2n) is 7.28. The molecule has 0 spiro atoms. The summed E-state index contributed by atoms with van der Waals surface area (Å²) in [5.74, 6) is -1.74. The number of hydrogen-bond acceptors (Lipinski definition) is 5. The number of aliphatic imine (C=N–C) groups is 1. The Morgan fingerprint density at radius 2 is 1.86 bits per heavy atom. The van der Waals surface area contributed by atoms with E-state index in [2.05, 4.69) is 16.9 Å². The average molecular weight is 420 g/mol. The number of ether oxygens (including phenoxy) is 1. The zero-order valence-corrected chi connectivity index (χ0v) is 17.5. The van der Waals surface area contributed by atoms with Gasteiger partial charge in [0.05, 0.1) is 24.3 Å². The summed E-state index contributed by atoms with van der Waals surface area (Å²) in [4.78, 5) is 8.65. The van der Waals surface area contributed by atoms with Crippen molar-refractivity contribution in [2.75, 3.05) is 18.9 Å². The summed E-state index contributed by atoms with van der Waals surface area (Å²) in [5.41, 5.74) is 6.02. The fraction of sp³-hybridized carbons (Fsp3) is 0.455. The maximum Gasteiger partial charge on any atom is 0.190 e. The first-order valence-electron chi connectivity index (χ1n) is 10.1. The number of anilines is 1. The van der Waals surface area contributed by atoms with Gasteiger partial charge in [-0.15, -0.1) is 11.3 Å². The first kappa shape index (κ1) is 21.4. The van der Waals surface area contributed by atoms with Crippen LogP contribution in [0.1, 0.15) is 56.7 Å². The van der Waals surface area contributed by atoms with Crippen LogP contribution in [0.15, 0.2) is 34.7 Å². The number of nitrogens with zero attached hydrogens (tertiary/aromatic N) is 2. The number of thiazole rings is 1. The molecule has 0 saturated heterocycles. The van der Waals surface area contributed by atoms with Gasteiger partial charge in [0, 0.05) is 11.6 Å². The Morgan fingerprint density at radius 1 is 1.14 bits per heavy atom. The highest BCUT2D eigenvalue weighted by Gasteiger charge is 2.36. The Kier molecular flexibility index (Phi) is 7.36. The molecule has 2 N–H and O–H groups in total. The molecule has 156 valence electrons. The van der Waals surface area contributed by atoms with E-state index in [0.29, 0.717) is 29.5 Å². The van der Waals surface area contributed by atoms with Gasteiger partial charge in [0.2, 0.25) is 0 Å². The van der Waals surface area contributed by atoms with Gasteiger partial charge < -0.3 is 10.5 Å². The third-order valence-electron chi connectivity index (χ3n) is 5.15. The molecule has 0 bridgehead atoms. The quantitative estimate of drug-likeness (QED) is 0.505. The number of dihydropyridines is 1. The first-order chi connectivity index (χ1) is 14.1. The predicted octanol–water partition coefficient (Wildman–Crippen LogP) is 5.67. The van der Waals surface area contributed by atoms with Gasteiger partial charge >= 0.3 is 0 Å². The highest BCUT2D eigenvalue weighted by Crippen LogP contribution is 2.39. The summed E-state index contributed by atoms with van der Waals surface area (Å²) in [6, 6.07) is 2.64. The molecule has 2 aromatic rings. The SMILES string of the molecule is CCCCCCCCOc1c(F)cc(C2(c3csc(N)n3)C=CC=NC2)cc1F. The van der Waals surface area contributed by atoms with Crippen LogP contribution in [-0.2, 0) is 5.41 Å². The molecule has 1 aromatic heterocycles. The lowest BCUT2D eigenvalue weighted by Crippen LogP contribution is -2.31. The highest BCUT2D eigenvalue weighted by molar-refractivity contribution is 7.13. The van der Waals surface area contributed by atoms with Crippen LogP contribution in [0.2, 0.25) is 0 Å². The van der Waals surface area contributed by atoms with Crippen molar-refractivity contribution in [3.05, 3.63) is 52.6 Å². The van der Waals surface area contributed by atoms with E-state index in [1.807, 2.05) is 6.08 Å². The zero-order valence-electron chi connectivity index (χ0n) is 16.7. The molecule has 2 heterocycles. The third-order valence-corrected chi connectivity index (χ3v) is 5.82. The van der Waals surface area contributed by atoms with E-state index in [1.165, 1.54) is 42.7 Å². The molecule has 29 heavy (non-hydrogen) atoms. The van der Waals surface area contributed by atoms with Crippen LogP contribution >= 0.6 is 11.3 Å². The van der Waals surface area contributed by atoms with Crippen LogP contribution in [-0.4, -0.2) is 24.4 Å². The second kappa shape index (κ2) is 9.96. The highest BCUT2D eigenvalue weighted by atomic mass is 32.1. The van der Waals surface area contributed by atoms with E-state index in [-0.39, 0.29) is 5.75 Å². The summed E-state index contributed by atoms with van der Waals surface area (Å²) in [6.45, 7) is 2.78. The second-order valence-corrected chi connectivity index (χ2v) is 8.17. The van der Waals surface area contributed by atoms with Gasteiger partial charge in [-0.25, -0.2) is 13.8 Å². The summed E-state index contributed by atoms with van der Waals surface area (Å²) < 4.78 is 35.0. The molecule has 1 aliphatic heterocycles. The molecule has 3 rings (SSSR count). The van der Waals surface area contributed by atoms with Crippen LogP contribution in [0.25, 0.3) is 0 Å². The van der Waals surface area contributed by atoms with E-state index in [0.717, 1.165) is 19.3 Å².